The van der Waals surface area contributed by atoms with Crippen molar-refractivity contribution < 1.29 is 15.0 Å². The molecule has 0 radical (unpaired) electrons. The second-order valence-corrected chi connectivity index (χ2v) is 6.11. The van der Waals surface area contributed by atoms with Crippen molar-refractivity contribution in [2.75, 3.05) is 6.54 Å². The summed E-state index contributed by atoms with van der Waals surface area (Å²) in [5.74, 6) is -0.175. The smallest absolute Gasteiger partial charge is 0.222 e. The lowest BCUT2D eigenvalue weighted by atomic mass is 9.82. The van der Waals surface area contributed by atoms with Crippen molar-refractivity contribution in [3.05, 3.63) is 35.9 Å². The quantitative estimate of drug-likeness (QED) is 0.748. The number of rotatable bonds is 6. The summed E-state index contributed by atoms with van der Waals surface area (Å²) in [6, 6.07) is 9.70. The van der Waals surface area contributed by atoms with Crippen LogP contribution < -0.4 is 5.32 Å². The van der Waals surface area contributed by atoms with Crippen LogP contribution in [0.3, 0.4) is 0 Å². The van der Waals surface area contributed by atoms with E-state index >= 15 is 0 Å². The third-order valence-corrected chi connectivity index (χ3v) is 4.12. The predicted octanol–water partition coefficient (Wildman–Crippen LogP) is 1.79. The van der Waals surface area contributed by atoms with Crippen molar-refractivity contribution >= 4 is 5.91 Å². The van der Waals surface area contributed by atoms with Crippen molar-refractivity contribution in [3.8, 4) is 0 Å². The Morgan fingerprint density at radius 1 is 1.19 bits per heavy atom. The Bertz CT molecular complexity index is 441. The molecule has 0 unspecified atom stereocenters. The number of carbonyl (C=O) groups is 1. The molecule has 1 aromatic carbocycles. The fourth-order valence-corrected chi connectivity index (χ4v) is 2.94. The van der Waals surface area contributed by atoms with E-state index in [1.165, 1.54) is 0 Å². The van der Waals surface area contributed by atoms with Gasteiger partial charge < -0.3 is 15.5 Å². The Kier molecular flexibility index (Phi) is 5.76. The Labute approximate surface area is 126 Å². The minimum atomic E-state index is -0.841. The van der Waals surface area contributed by atoms with Crippen LogP contribution in [-0.2, 0) is 11.2 Å². The van der Waals surface area contributed by atoms with Crippen LogP contribution in [0.5, 0.6) is 0 Å². The van der Waals surface area contributed by atoms with Gasteiger partial charge in [0.1, 0.15) is 0 Å². The van der Waals surface area contributed by atoms with Crippen LogP contribution in [0.1, 0.15) is 44.1 Å². The summed E-state index contributed by atoms with van der Waals surface area (Å²) in [5, 5.41) is 23.0. The number of hydrogen-bond donors (Lipinski definition) is 3. The van der Waals surface area contributed by atoms with E-state index in [0.29, 0.717) is 19.3 Å². The number of nitrogens with one attached hydrogen (secondary N) is 1. The SMILES string of the molecule is O=C(CC1(O)CCCCC1)NC[C@H](O)Cc1ccccc1. The molecule has 4 nitrogen and oxygen atoms in total. The number of amides is 1. The van der Waals surface area contributed by atoms with E-state index in [2.05, 4.69) is 5.32 Å². The van der Waals surface area contributed by atoms with Gasteiger partial charge in [-0.15, -0.1) is 0 Å². The van der Waals surface area contributed by atoms with Gasteiger partial charge in [-0.2, -0.15) is 0 Å². The largest absolute Gasteiger partial charge is 0.391 e. The van der Waals surface area contributed by atoms with Gasteiger partial charge in [-0.1, -0.05) is 49.6 Å². The van der Waals surface area contributed by atoms with Gasteiger partial charge >= 0.3 is 0 Å². The van der Waals surface area contributed by atoms with E-state index < -0.39 is 11.7 Å². The van der Waals surface area contributed by atoms with Gasteiger partial charge in [0.15, 0.2) is 0 Å². The normalized spacial score (nSPS) is 19.0. The molecule has 1 fully saturated rings. The maximum Gasteiger partial charge on any atom is 0.222 e. The van der Waals surface area contributed by atoms with Crippen LogP contribution in [0.15, 0.2) is 30.3 Å². The van der Waals surface area contributed by atoms with E-state index in [1.807, 2.05) is 30.3 Å². The summed E-state index contributed by atoms with van der Waals surface area (Å²) in [6.45, 7) is 0.226. The first kappa shape index (κ1) is 16.0. The molecule has 0 spiro atoms. The van der Waals surface area contributed by atoms with E-state index in [0.717, 1.165) is 24.8 Å². The molecule has 0 aliphatic heterocycles. The van der Waals surface area contributed by atoms with Crippen LogP contribution in [-0.4, -0.2) is 34.4 Å². The van der Waals surface area contributed by atoms with Gasteiger partial charge in [-0.25, -0.2) is 0 Å². The average Bonchev–Trinajstić information content (AvgIpc) is 2.46. The Morgan fingerprint density at radius 3 is 2.52 bits per heavy atom. The zero-order valence-corrected chi connectivity index (χ0v) is 12.4. The van der Waals surface area contributed by atoms with Gasteiger partial charge in [0.2, 0.25) is 5.91 Å². The summed E-state index contributed by atoms with van der Waals surface area (Å²) in [5.41, 5.74) is 0.206. The molecule has 21 heavy (non-hydrogen) atoms. The highest BCUT2D eigenvalue weighted by molar-refractivity contribution is 5.77. The summed E-state index contributed by atoms with van der Waals surface area (Å²) in [4.78, 5) is 11.9. The lowest BCUT2D eigenvalue weighted by Crippen LogP contribution is -2.40. The number of benzene rings is 1. The fourth-order valence-electron chi connectivity index (χ4n) is 2.94. The molecule has 1 aromatic rings. The van der Waals surface area contributed by atoms with Crippen molar-refractivity contribution in [2.45, 2.75) is 56.7 Å². The molecule has 1 aliphatic rings. The third-order valence-electron chi connectivity index (χ3n) is 4.12. The molecule has 0 saturated heterocycles. The molecule has 3 N–H and O–H groups in total. The van der Waals surface area contributed by atoms with Crippen LogP contribution in [0, 0.1) is 0 Å². The van der Waals surface area contributed by atoms with Crippen molar-refractivity contribution in [3.63, 3.8) is 0 Å². The maximum atomic E-state index is 11.9. The molecule has 1 atom stereocenters. The number of aliphatic hydroxyl groups is 2. The summed E-state index contributed by atoms with van der Waals surface area (Å²) < 4.78 is 0. The van der Waals surface area contributed by atoms with Crippen LogP contribution in [0.2, 0.25) is 0 Å². The second-order valence-electron chi connectivity index (χ2n) is 6.11. The third kappa shape index (κ3) is 5.48. The van der Waals surface area contributed by atoms with Crippen LogP contribution in [0.25, 0.3) is 0 Å². The minimum absolute atomic E-state index is 0.144. The molecule has 1 saturated carbocycles. The Morgan fingerprint density at radius 2 is 1.86 bits per heavy atom. The van der Waals surface area contributed by atoms with Gasteiger partial charge in [0.05, 0.1) is 18.1 Å². The summed E-state index contributed by atoms with van der Waals surface area (Å²) >= 11 is 0. The molecule has 1 aliphatic carbocycles. The van der Waals surface area contributed by atoms with Crippen LogP contribution >= 0.6 is 0 Å². The highest BCUT2D eigenvalue weighted by atomic mass is 16.3. The van der Waals surface area contributed by atoms with Gasteiger partial charge in [-0.05, 0) is 18.4 Å². The van der Waals surface area contributed by atoms with Crippen LogP contribution in [0.4, 0.5) is 0 Å². The zero-order chi connectivity index (χ0) is 15.1. The number of hydrogen-bond acceptors (Lipinski definition) is 3. The molecule has 0 heterocycles. The van der Waals surface area contributed by atoms with Crippen molar-refractivity contribution in [1.82, 2.24) is 5.32 Å². The molecule has 4 heteroatoms. The van der Waals surface area contributed by atoms with Crippen molar-refractivity contribution in [2.24, 2.45) is 0 Å². The summed E-state index contributed by atoms with van der Waals surface area (Å²) in [7, 11) is 0. The topological polar surface area (TPSA) is 69.6 Å². The van der Waals surface area contributed by atoms with Gasteiger partial charge in [-0.3, -0.25) is 4.79 Å². The molecular formula is C17H25NO3. The Balaban J connectivity index is 1.71. The zero-order valence-electron chi connectivity index (χ0n) is 12.4. The van der Waals surface area contributed by atoms with E-state index in [9.17, 15) is 15.0 Å². The average molecular weight is 291 g/mol. The minimum Gasteiger partial charge on any atom is -0.391 e. The maximum absolute atomic E-state index is 11.9. The lowest BCUT2D eigenvalue weighted by Gasteiger charge is -2.31. The highest BCUT2D eigenvalue weighted by Gasteiger charge is 2.31. The Hall–Kier alpha value is -1.39. The fraction of sp³-hybridized carbons (Fsp3) is 0.588. The highest BCUT2D eigenvalue weighted by Crippen LogP contribution is 2.30. The standard InChI is InChI=1S/C17H25NO3/c19-15(11-14-7-3-1-4-8-14)13-18-16(20)12-17(21)9-5-2-6-10-17/h1,3-4,7-8,15,19,21H,2,5-6,9-13H2,(H,18,20)/t15-/m1/s1. The van der Waals surface area contributed by atoms with Gasteiger partial charge in [0.25, 0.3) is 0 Å². The summed E-state index contributed by atoms with van der Waals surface area (Å²) in [6.07, 6.45) is 4.58. The van der Waals surface area contributed by atoms with Gasteiger partial charge in [0, 0.05) is 13.0 Å². The number of carbonyl (C=O) groups excluding carboxylic acids is 1. The van der Waals surface area contributed by atoms with E-state index in [-0.39, 0.29) is 18.9 Å². The first-order valence-electron chi connectivity index (χ1n) is 7.78. The predicted molar refractivity (Wildman–Crippen MR) is 81.8 cm³/mol. The van der Waals surface area contributed by atoms with E-state index in [4.69, 9.17) is 0 Å². The molecule has 2 rings (SSSR count). The molecule has 116 valence electrons. The molecule has 1 amide bonds. The van der Waals surface area contributed by atoms with Crippen molar-refractivity contribution in [1.29, 1.82) is 0 Å². The second kappa shape index (κ2) is 7.57. The molecule has 0 aromatic heterocycles. The lowest BCUT2D eigenvalue weighted by molar-refractivity contribution is -0.127. The number of aliphatic hydroxyl groups excluding tert-OH is 1. The molecule has 0 bridgehead atoms. The first-order chi connectivity index (χ1) is 10.1. The monoisotopic (exact) mass is 291 g/mol. The first-order valence-corrected chi connectivity index (χ1v) is 7.78. The molecular weight excluding hydrogens is 266 g/mol. The van der Waals surface area contributed by atoms with E-state index in [1.54, 1.807) is 0 Å².